The average molecular weight is 426 g/mol. The number of nitrogens with one attached hydrogen (secondary N) is 3. The van der Waals surface area contributed by atoms with Crippen molar-refractivity contribution >= 4 is 17.6 Å². The number of anilines is 1. The number of nitrogens with zero attached hydrogens (tertiary/aromatic N) is 1. The van der Waals surface area contributed by atoms with Crippen molar-refractivity contribution in [1.82, 2.24) is 20.9 Å². The van der Waals surface area contributed by atoms with Crippen LogP contribution in [-0.2, 0) is 16.0 Å². The van der Waals surface area contributed by atoms with Gasteiger partial charge in [-0.05, 0) is 74.4 Å². The van der Waals surface area contributed by atoms with Gasteiger partial charge >= 0.3 is 0 Å². The number of benzene rings is 1. The van der Waals surface area contributed by atoms with Crippen LogP contribution in [0.1, 0.15) is 55.0 Å². The monoisotopic (exact) mass is 425 g/mol. The van der Waals surface area contributed by atoms with Crippen molar-refractivity contribution < 1.29 is 14.0 Å². The minimum absolute atomic E-state index is 0.120. The molecule has 7 nitrogen and oxygen atoms in total. The topological polar surface area (TPSA) is 109 Å². The van der Waals surface area contributed by atoms with Crippen LogP contribution in [0, 0.1) is 5.82 Å². The Kier molecular flexibility index (Phi) is 6.18. The summed E-state index contributed by atoms with van der Waals surface area (Å²) in [6, 6.07) is 8.92. The summed E-state index contributed by atoms with van der Waals surface area (Å²) in [6.07, 6.45) is 3.02. The first-order valence-corrected chi connectivity index (χ1v) is 10.8. The maximum absolute atomic E-state index is 13.2. The first-order valence-electron chi connectivity index (χ1n) is 10.8. The van der Waals surface area contributed by atoms with Gasteiger partial charge in [0.15, 0.2) is 0 Å². The third-order valence-corrected chi connectivity index (χ3v) is 6.21. The smallest absolute Gasteiger partial charge is 0.242 e. The highest BCUT2D eigenvalue weighted by Crippen LogP contribution is 2.30. The highest BCUT2D eigenvalue weighted by atomic mass is 19.1. The highest BCUT2D eigenvalue weighted by molar-refractivity contribution is 5.89. The largest absolute Gasteiger partial charge is 0.384 e. The number of aromatic nitrogens is 1. The summed E-state index contributed by atoms with van der Waals surface area (Å²) in [7, 11) is 0. The Morgan fingerprint density at radius 3 is 2.74 bits per heavy atom. The molecular weight excluding hydrogens is 397 g/mol. The molecule has 164 valence electrons. The number of pyridine rings is 1. The second kappa shape index (κ2) is 9.01. The number of carbonyl (C=O) groups excluding carboxylic acids is 2. The highest BCUT2D eigenvalue weighted by Gasteiger charge is 2.31. The van der Waals surface area contributed by atoms with Gasteiger partial charge in [-0.25, -0.2) is 9.37 Å². The molecule has 1 saturated heterocycles. The molecule has 0 radical (unpaired) electrons. The van der Waals surface area contributed by atoms with Gasteiger partial charge in [0, 0.05) is 5.69 Å². The van der Waals surface area contributed by atoms with Crippen LogP contribution in [0.4, 0.5) is 10.2 Å². The Labute approximate surface area is 181 Å². The number of halogens is 1. The fourth-order valence-corrected chi connectivity index (χ4v) is 4.46. The van der Waals surface area contributed by atoms with Crippen LogP contribution >= 0.6 is 0 Å². The van der Waals surface area contributed by atoms with Gasteiger partial charge in [-0.1, -0.05) is 18.2 Å². The Bertz CT molecular complexity index is 965. The predicted molar refractivity (Wildman–Crippen MR) is 116 cm³/mol. The number of aryl methyl sites for hydroxylation is 1. The molecule has 8 heteroatoms. The predicted octanol–water partition coefficient (Wildman–Crippen LogP) is 1.95. The molecule has 1 aromatic heterocycles. The molecule has 5 N–H and O–H groups in total. The van der Waals surface area contributed by atoms with Gasteiger partial charge < -0.3 is 21.7 Å². The number of piperidine rings is 1. The van der Waals surface area contributed by atoms with Crippen molar-refractivity contribution in [1.29, 1.82) is 0 Å². The van der Waals surface area contributed by atoms with Crippen LogP contribution in [0.25, 0.3) is 0 Å². The first kappa shape index (κ1) is 21.2. The zero-order chi connectivity index (χ0) is 22.0. The lowest BCUT2D eigenvalue weighted by Gasteiger charge is -2.30. The molecule has 0 saturated carbocycles. The normalized spacial score (nSPS) is 23.6. The molecule has 31 heavy (non-hydrogen) atoms. The number of rotatable bonds is 5. The molecule has 1 aliphatic heterocycles. The van der Waals surface area contributed by atoms with E-state index < -0.39 is 12.1 Å². The van der Waals surface area contributed by atoms with Gasteiger partial charge in [0.25, 0.3) is 0 Å². The second-order valence-electron chi connectivity index (χ2n) is 8.38. The summed E-state index contributed by atoms with van der Waals surface area (Å²) in [5.41, 5.74) is 8.67. The van der Waals surface area contributed by atoms with E-state index in [0.717, 1.165) is 36.1 Å². The van der Waals surface area contributed by atoms with E-state index in [1.165, 1.54) is 12.1 Å². The number of nitrogens with two attached hydrogens (primary N) is 1. The third kappa shape index (κ3) is 4.85. The lowest BCUT2D eigenvalue weighted by Crippen LogP contribution is -2.53. The van der Waals surface area contributed by atoms with E-state index in [1.807, 2.05) is 6.07 Å². The molecule has 1 unspecified atom stereocenters. The van der Waals surface area contributed by atoms with Crippen molar-refractivity contribution in [3.05, 3.63) is 59.0 Å². The van der Waals surface area contributed by atoms with Crippen molar-refractivity contribution in [3.63, 3.8) is 0 Å². The maximum atomic E-state index is 13.2. The molecule has 2 heterocycles. The SMILES string of the molecule is C[C@H](NC(=O)[C@H]1C[C@@H](c2ccc(F)cc2)CCN1)C(=O)NC1CCc2nc(N)ccc21. The molecule has 2 aliphatic rings. The van der Waals surface area contributed by atoms with Gasteiger partial charge in [-0.3, -0.25) is 9.59 Å². The first-order chi connectivity index (χ1) is 14.9. The molecule has 1 aliphatic carbocycles. The van der Waals surface area contributed by atoms with Crippen LogP contribution in [0.3, 0.4) is 0 Å². The molecular formula is C23H28FN5O2. The number of hydrogen-bond acceptors (Lipinski definition) is 5. The fraction of sp³-hybridized carbons (Fsp3) is 0.435. The number of nitrogen functional groups attached to an aromatic ring is 1. The van der Waals surface area contributed by atoms with Crippen LogP contribution in [0.15, 0.2) is 36.4 Å². The van der Waals surface area contributed by atoms with E-state index in [2.05, 4.69) is 20.9 Å². The number of fused-ring (bicyclic) bond motifs is 1. The molecule has 2 aromatic rings. The maximum Gasteiger partial charge on any atom is 0.242 e. The van der Waals surface area contributed by atoms with Crippen LogP contribution in [0.2, 0.25) is 0 Å². The average Bonchev–Trinajstić information content (AvgIpc) is 3.15. The minimum atomic E-state index is -0.661. The van der Waals surface area contributed by atoms with Crippen molar-refractivity contribution in [3.8, 4) is 0 Å². The number of hydrogen-bond donors (Lipinski definition) is 4. The van der Waals surface area contributed by atoms with Crippen molar-refractivity contribution in [2.24, 2.45) is 0 Å². The zero-order valence-corrected chi connectivity index (χ0v) is 17.5. The summed E-state index contributed by atoms with van der Waals surface area (Å²) in [5.74, 6) is -0.0393. The van der Waals surface area contributed by atoms with Crippen molar-refractivity contribution in [2.75, 3.05) is 12.3 Å². The minimum Gasteiger partial charge on any atom is -0.384 e. The second-order valence-corrected chi connectivity index (χ2v) is 8.38. The number of amides is 2. The zero-order valence-electron chi connectivity index (χ0n) is 17.5. The van der Waals surface area contributed by atoms with Gasteiger partial charge in [0.2, 0.25) is 11.8 Å². The van der Waals surface area contributed by atoms with Crippen LogP contribution in [-0.4, -0.2) is 35.4 Å². The lowest BCUT2D eigenvalue weighted by atomic mass is 9.86. The van der Waals surface area contributed by atoms with E-state index in [1.54, 1.807) is 25.1 Å². The van der Waals surface area contributed by atoms with Gasteiger partial charge in [-0.2, -0.15) is 0 Å². The quantitative estimate of drug-likeness (QED) is 0.586. The Morgan fingerprint density at radius 2 is 1.97 bits per heavy atom. The fourth-order valence-electron chi connectivity index (χ4n) is 4.46. The summed E-state index contributed by atoms with van der Waals surface area (Å²) < 4.78 is 13.2. The van der Waals surface area contributed by atoms with Gasteiger partial charge in [0.05, 0.1) is 12.1 Å². The van der Waals surface area contributed by atoms with E-state index in [-0.39, 0.29) is 29.6 Å². The molecule has 4 atom stereocenters. The van der Waals surface area contributed by atoms with Crippen LogP contribution in [0.5, 0.6) is 0 Å². The molecule has 4 rings (SSSR count). The summed E-state index contributed by atoms with van der Waals surface area (Å²) in [5, 5.41) is 9.07. The van der Waals surface area contributed by atoms with Gasteiger partial charge in [0.1, 0.15) is 17.7 Å². The Balaban J connectivity index is 1.32. The van der Waals surface area contributed by atoms with Crippen molar-refractivity contribution in [2.45, 2.75) is 56.7 Å². The van der Waals surface area contributed by atoms with E-state index in [9.17, 15) is 14.0 Å². The van der Waals surface area contributed by atoms with E-state index in [0.29, 0.717) is 18.8 Å². The molecule has 0 spiro atoms. The molecule has 1 fully saturated rings. The molecule has 0 bridgehead atoms. The molecule has 2 amide bonds. The summed E-state index contributed by atoms with van der Waals surface area (Å²) in [4.78, 5) is 29.8. The Morgan fingerprint density at radius 1 is 1.19 bits per heavy atom. The Hall–Kier alpha value is -3.00. The standard InChI is InChI=1S/C23H28FN5O2/c1-13(22(30)29-19-8-7-18-17(19)6-9-21(25)28-18)27-23(31)20-12-15(10-11-26-20)14-2-4-16(24)5-3-14/h2-6,9,13,15,19-20,26H,7-8,10-12H2,1H3,(H2,25,28)(H,27,31)(H,29,30)/t13-,15-,19?,20+/m0/s1. The molecule has 1 aromatic carbocycles. The lowest BCUT2D eigenvalue weighted by molar-refractivity contribution is -0.130. The summed E-state index contributed by atoms with van der Waals surface area (Å²) in [6.45, 7) is 2.38. The van der Waals surface area contributed by atoms with E-state index in [4.69, 9.17) is 5.73 Å². The van der Waals surface area contributed by atoms with Gasteiger partial charge in [-0.15, -0.1) is 0 Å². The number of carbonyl (C=O) groups is 2. The van der Waals surface area contributed by atoms with E-state index >= 15 is 0 Å². The summed E-state index contributed by atoms with van der Waals surface area (Å²) >= 11 is 0. The van der Waals surface area contributed by atoms with Crippen LogP contribution < -0.4 is 21.7 Å². The third-order valence-electron chi connectivity index (χ3n) is 6.21.